The van der Waals surface area contributed by atoms with Gasteiger partial charge in [0.2, 0.25) is 0 Å². The van der Waals surface area contributed by atoms with Crippen LogP contribution in [0.4, 0.5) is 0 Å². The van der Waals surface area contributed by atoms with Crippen LogP contribution in [0.2, 0.25) is 0 Å². The summed E-state index contributed by atoms with van der Waals surface area (Å²) in [4.78, 5) is 0. The summed E-state index contributed by atoms with van der Waals surface area (Å²) in [6, 6.07) is 30.3. The molecule has 5 rings (SSSR count). The molecule has 0 unspecified atom stereocenters. The predicted octanol–water partition coefficient (Wildman–Crippen LogP) is 7.50. The average molecular weight is 400 g/mol. The van der Waals surface area contributed by atoms with Crippen LogP contribution in [0.5, 0.6) is 11.5 Å². The highest BCUT2D eigenvalue weighted by Gasteiger charge is 2.13. The number of rotatable bonds is 3. The molecule has 4 nitrogen and oxygen atoms in total. The van der Waals surface area contributed by atoms with E-state index in [0.717, 1.165) is 16.3 Å². The summed E-state index contributed by atoms with van der Waals surface area (Å²) in [6.07, 6.45) is 0. The van der Waals surface area contributed by atoms with Gasteiger partial charge in [0.05, 0.1) is 0 Å². The topological polar surface area (TPSA) is 55.7 Å². The molecule has 0 aliphatic heterocycles. The van der Waals surface area contributed by atoms with E-state index in [0.29, 0.717) is 22.5 Å². The van der Waals surface area contributed by atoms with Gasteiger partial charge in [0.25, 0.3) is 0 Å². The zero-order valence-corrected chi connectivity index (χ0v) is 16.3. The normalized spacial score (nSPS) is 10.9. The summed E-state index contributed by atoms with van der Waals surface area (Å²) >= 11 is 0. The Bertz CT molecular complexity index is 1300. The molecule has 4 aromatic carbocycles. The summed E-state index contributed by atoms with van der Waals surface area (Å²) in [7, 11) is -1.75. The van der Waals surface area contributed by atoms with Gasteiger partial charge in [-0.1, -0.05) is 72.8 Å². The third-order valence-corrected chi connectivity index (χ3v) is 5.70. The van der Waals surface area contributed by atoms with Crippen LogP contribution in [0.25, 0.3) is 33.1 Å². The Hall–Kier alpha value is -3.62. The SMILES string of the molecule is Oc1ccccc1-c1ccccc1Op1oc2ccccc2c2ccccc2o1. The van der Waals surface area contributed by atoms with Crippen molar-refractivity contribution < 1.29 is 18.0 Å². The lowest BCUT2D eigenvalue weighted by Gasteiger charge is -2.10. The zero-order chi connectivity index (χ0) is 19.6. The standard InChI is InChI=1S/C24H17O4P/c25-21-13-5-1-9-17(21)18-10-2-6-14-22(18)26-29-27-23-15-7-3-11-19(23)20-12-4-8-16-24(20)28-29/h1-16,25H. The van der Waals surface area contributed by atoms with Crippen molar-refractivity contribution in [1.82, 2.24) is 0 Å². The lowest BCUT2D eigenvalue weighted by Crippen LogP contribution is -1.85. The number of hydrogen-bond donors (Lipinski definition) is 1. The molecule has 1 aromatic heterocycles. The number of para-hydroxylation sites is 4. The van der Waals surface area contributed by atoms with Crippen molar-refractivity contribution in [2.24, 2.45) is 0 Å². The number of hydrogen-bond acceptors (Lipinski definition) is 4. The second-order valence-electron chi connectivity index (χ2n) is 6.50. The van der Waals surface area contributed by atoms with Crippen molar-refractivity contribution in [1.29, 1.82) is 0 Å². The highest BCUT2D eigenvalue weighted by Crippen LogP contribution is 2.42. The number of fused-ring (bicyclic) bond motifs is 3. The molecule has 0 atom stereocenters. The summed E-state index contributed by atoms with van der Waals surface area (Å²) in [5.74, 6) is 0.770. The van der Waals surface area contributed by atoms with Gasteiger partial charge in [-0.2, -0.15) is 0 Å². The molecule has 142 valence electrons. The molecule has 0 amide bonds. The van der Waals surface area contributed by atoms with E-state index in [9.17, 15) is 5.11 Å². The first-order valence-electron chi connectivity index (χ1n) is 9.19. The summed E-state index contributed by atoms with van der Waals surface area (Å²) in [6.45, 7) is 0. The third kappa shape index (κ3) is 3.35. The Morgan fingerprint density at radius 3 is 1.76 bits per heavy atom. The van der Waals surface area contributed by atoms with Crippen LogP contribution < -0.4 is 4.52 Å². The van der Waals surface area contributed by atoms with Crippen LogP contribution in [0.15, 0.2) is 105 Å². The first-order chi connectivity index (χ1) is 14.3. The van der Waals surface area contributed by atoms with E-state index < -0.39 is 8.24 Å². The minimum absolute atomic E-state index is 0.190. The van der Waals surface area contributed by atoms with Gasteiger partial charge in [-0.3, -0.25) is 0 Å². The van der Waals surface area contributed by atoms with E-state index in [-0.39, 0.29) is 5.75 Å². The maximum Gasteiger partial charge on any atom is 0.453 e. The molecule has 5 aromatic rings. The molecule has 0 spiro atoms. The number of phenolic OH excluding ortho intramolecular Hbond substituents is 1. The van der Waals surface area contributed by atoms with Crippen molar-refractivity contribution in [2.45, 2.75) is 0 Å². The van der Waals surface area contributed by atoms with Crippen molar-refractivity contribution in [3.05, 3.63) is 97.1 Å². The van der Waals surface area contributed by atoms with E-state index in [1.165, 1.54) is 0 Å². The van der Waals surface area contributed by atoms with Crippen molar-refractivity contribution in [3.8, 4) is 22.6 Å². The molecule has 0 fully saturated rings. The minimum Gasteiger partial charge on any atom is -0.507 e. The number of aromatic hydroxyl groups is 1. The molecular weight excluding hydrogens is 383 g/mol. The first kappa shape index (κ1) is 17.5. The maximum absolute atomic E-state index is 10.3. The third-order valence-electron chi connectivity index (χ3n) is 4.66. The quantitative estimate of drug-likeness (QED) is 0.341. The number of benzene rings is 4. The summed E-state index contributed by atoms with van der Waals surface area (Å²) < 4.78 is 18.4. The molecule has 0 aliphatic carbocycles. The Morgan fingerprint density at radius 1 is 0.586 bits per heavy atom. The molecule has 0 aliphatic rings. The molecular formula is C24H17O4P. The van der Waals surface area contributed by atoms with Crippen LogP contribution in [-0.4, -0.2) is 5.11 Å². The van der Waals surface area contributed by atoms with Crippen molar-refractivity contribution in [3.63, 3.8) is 0 Å². The van der Waals surface area contributed by atoms with E-state index in [1.54, 1.807) is 12.1 Å². The molecule has 29 heavy (non-hydrogen) atoms. The van der Waals surface area contributed by atoms with Crippen LogP contribution in [0.3, 0.4) is 0 Å². The highest BCUT2D eigenvalue weighted by atomic mass is 31.1. The van der Waals surface area contributed by atoms with Gasteiger partial charge in [-0.15, -0.1) is 0 Å². The fraction of sp³-hybridized carbons (Fsp3) is 0. The van der Waals surface area contributed by atoms with E-state index in [2.05, 4.69) is 0 Å². The van der Waals surface area contributed by atoms with Gasteiger partial charge < -0.3 is 18.0 Å². The fourth-order valence-corrected chi connectivity index (χ4v) is 4.38. The van der Waals surface area contributed by atoms with Gasteiger partial charge in [-0.05, 0) is 24.3 Å². The molecule has 1 N–H and O–H groups in total. The molecule has 0 saturated carbocycles. The Labute approximate surface area is 168 Å². The maximum atomic E-state index is 10.3. The van der Waals surface area contributed by atoms with Crippen LogP contribution in [0, 0.1) is 0 Å². The monoisotopic (exact) mass is 400 g/mol. The van der Waals surface area contributed by atoms with E-state index >= 15 is 0 Å². The molecule has 0 saturated heterocycles. The average Bonchev–Trinajstić information content (AvgIpc) is 2.91. The Balaban J connectivity index is 1.70. The lowest BCUT2D eigenvalue weighted by molar-refractivity contribution is 0.475. The van der Waals surface area contributed by atoms with Crippen LogP contribution in [-0.2, 0) is 0 Å². The van der Waals surface area contributed by atoms with Gasteiger partial charge in [0.1, 0.15) is 22.7 Å². The smallest absolute Gasteiger partial charge is 0.453 e. The Morgan fingerprint density at radius 2 is 1.10 bits per heavy atom. The van der Waals surface area contributed by atoms with Crippen molar-refractivity contribution in [2.75, 3.05) is 0 Å². The lowest BCUT2D eigenvalue weighted by atomic mass is 10.0. The largest absolute Gasteiger partial charge is 0.507 e. The first-order valence-corrected chi connectivity index (χ1v) is 10.3. The second-order valence-corrected chi connectivity index (χ2v) is 7.50. The second kappa shape index (κ2) is 7.42. The predicted molar refractivity (Wildman–Crippen MR) is 116 cm³/mol. The van der Waals surface area contributed by atoms with Crippen molar-refractivity contribution >= 4 is 30.2 Å². The zero-order valence-electron chi connectivity index (χ0n) is 15.4. The van der Waals surface area contributed by atoms with E-state index in [1.807, 2.05) is 84.9 Å². The highest BCUT2D eigenvalue weighted by molar-refractivity contribution is 7.32. The van der Waals surface area contributed by atoms with Gasteiger partial charge in [-0.25, -0.2) is 0 Å². The summed E-state index contributed by atoms with van der Waals surface area (Å²) in [5, 5.41) is 12.2. The Kier molecular flexibility index (Phi) is 4.47. The van der Waals surface area contributed by atoms with E-state index in [4.69, 9.17) is 12.9 Å². The summed E-state index contributed by atoms with van der Waals surface area (Å²) in [5.41, 5.74) is 2.88. The molecule has 0 radical (unpaired) electrons. The van der Waals surface area contributed by atoms with Gasteiger partial charge in [0, 0.05) is 21.9 Å². The minimum atomic E-state index is -1.75. The molecule has 0 bridgehead atoms. The van der Waals surface area contributed by atoms with Gasteiger partial charge >= 0.3 is 8.24 Å². The number of phenols is 1. The molecule has 5 heteroatoms. The van der Waals surface area contributed by atoms with Crippen LogP contribution in [0.1, 0.15) is 0 Å². The fourth-order valence-electron chi connectivity index (χ4n) is 3.30. The van der Waals surface area contributed by atoms with Crippen LogP contribution >= 0.6 is 8.24 Å². The molecule has 1 heterocycles. The van der Waals surface area contributed by atoms with Gasteiger partial charge in [0.15, 0.2) is 0 Å².